The van der Waals surface area contributed by atoms with E-state index in [1.54, 1.807) is 63.3 Å². The van der Waals surface area contributed by atoms with Crippen LogP contribution in [0.4, 0.5) is 11.5 Å². The largest absolute Gasteiger partial charge is 0.382 e. The first-order valence-corrected chi connectivity index (χ1v) is 10.5. The van der Waals surface area contributed by atoms with Gasteiger partial charge in [-0.25, -0.2) is 4.98 Å². The van der Waals surface area contributed by atoms with Gasteiger partial charge in [0.15, 0.2) is 0 Å². The van der Waals surface area contributed by atoms with Crippen molar-refractivity contribution in [2.45, 2.75) is 18.6 Å². The second-order valence-corrected chi connectivity index (χ2v) is 9.58. The van der Waals surface area contributed by atoms with E-state index >= 15 is 0 Å². The number of hydrogen-bond donors (Lipinski definition) is 3. The zero-order valence-corrected chi connectivity index (χ0v) is 17.1. The van der Waals surface area contributed by atoms with Gasteiger partial charge >= 0.3 is 0 Å². The van der Waals surface area contributed by atoms with Crippen LogP contribution in [0.1, 0.15) is 35.0 Å². The van der Waals surface area contributed by atoms with Crippen molar-refractivity contribution in [3.8, 4) is 0 Å². The van der Waals surface area contributed by atoms with E-state index in [0.717, 1.165) is 0 Å². The zero-order chi connectivity index (χ0) is 19.5. The lowest BCUT2D eigenvalue weighted by Gasteiger charge is -2.22. The van der Waals surface area contributed by atoms with E-state index in [2.05, 4.69) is 29.5 Å². The van der Waals surface area contributed by atoms with Gasteiger partial charge in [-0.2, -0.15) is 0 Å². The fourth-order valence-electron chi connectivity index (χ4n) is 2.38. The number of amides is 2. The maximum Gasteiger partial charge on any atom is 0.291 e. The second kappa shape index (κ2) is 8.09. The molecule has 0 radical (unpaired) electrons. The lowest BCUT2D eigenvalue weighted by molar-refractivity contribution is 0.0941. The Kier molecular flexibility index (Phi) is 6.30. The van der Waals surface area contributed by atoms with Crippen molar-refractivity contribution in [3.63, 3.8) is 0 Å². The highest BCUT2D eigenvalue weighted by Crippen LogP contribution is 2.32. The molecule has 0 saturated carbocycles. The average molecular weight is 397 g/mol. The van der Waals surface area contributed by atoms with Crippen LogP contribution in [-0.2, 0) is 14.1 Å². The summed E-state index contributed by atoms with van der Waals surface area (Å²) in [6.45, 7) is 4.68. The fourth-order valence-corrected chi connectivity index (χ4v) is 4.50. The number of nitrogens with zero attached hydrogens (tertiary/aromatic N) is 3. The van der Waals surface area contributed by atoms with Crippen LogP contribution in [0.15, 0.2) is 18.5 Å². The van der Waals surface area contributed by atoms with Gasteiger partial charge in [0.05, 0.1) is 5.69 Å². The Morgan fingerprint density at radius 3 is 2.50 bits per heavy atom. The standard InChI is InChI=1S/C16H24N6O2S2/c1-16(2,26-25-5)9-18-14(23)11-6-10(7-21(11)3)19-15(24)13-20-12(17)8-22(13)4/h6-8H,9,17H2,1-5H3,(H,18,23)(H,19,24). The number of aryl methyl sites for hydroxylation is 2. The first kappa shape index (κ1) is 20.2. The summed E-state index contributed by atoms with van der Waals surface area (Å²) < 4.78 is 3.15. The third-order valence-electron chi connectivity index (χ3n) is 3.58. The maximum atomic E-state index is 12.4. The van der Waals surface area contributed by atoms with E-state index in [9.17, 15) is 9.59 Å². The highest BCUT2D eigenvalue weighted by molar-refractivity contribution is 8.76. The van der Waals surface area contributed by atoms with Crippen molar-refractivity contribution in [2.75, 3.05) is 23.9 Å². The number of carbonyl (C=O) groups excluding carboxylic acids is 2. The van der Waals surface area contributed by atoms with Crippen molar-refractivity contribution in [3.05, 3.63) is 30.0 Å². The Morgan fingerprint density at radius 2 is 1.92 bits per heavy atom. The fraction of sp³-hybridized carbons (Fsp3) is 0.438. The SMILES string of the molecule is CSSC(C)(C)CNC(=O)c1cc(NC(=O)c2nc(N)cn2C)cn1C. The third-order valence-corrected chi connectivity index (χ3v) is 6.19. The van der Waals surface area contributed by atoms with Crippen LogP contribution in [0, 0.1) is 0 Å². The number of nitrogens with two attached hydrogens (primary N) is 1. The number of carbonyl (C=O) groups is 2. The second-order valence-electron chi connectivity index (χ2n) is 6.47. The molecule has 2 aromatic heterocycles. The molecule has 26 heavy (non-hydrogen) atoms. The molecule has 0 aliphatic heterocycles. The molecule has 0 atom stereocenters. The lowest BCUT2D eigenvalue weighted by Crippen LogP contribution is -2.36. The Hall–Kier alpha value is -2.07. The Bertz CT molecular complexity index is 812. The minimum absolute atomic E-state index is 0.0740. The van der Waals surface area contributed by atoms with E-state index in [1.165, 1.54) is 0 Å². The molecule has 10 heteroatoms. The highest BCUT2D eigenvalue weighted by atomic mass is 33.1. The van der Waals surface area contributed by atoms with E-state index < -0.39 is 0 Å². The number of hydrogen-bond acceptors (Lipinski definition) is 6. The summed E-state index contributed by atoms with van der Waals surface area (Å²) in [5, 5.41) is 5.67. The van der Waals surface area contributed by atoms with Gasteiger partial charge in [-0.1, -0.05) is 21.6 Å². The van der Waals surface area contributed by atoms with Crippen molar-refractivity contribution in [2.24, 2.45) is 14.1 Å². The normalized spacial score (nSPS) is 11.4. The van der Waals surface area contributed by atoms with Crippen molar-refractivity contribution in [1.82, 2.24) is 19.4 Å². The Balaban J connectivity index is 2.05. The molecule has 0 aromatic carbocycles. The maximum absolute atomic E-state index is 12.4. The summed E-state index contributed by atoms with van der Waals surface area (Å²) in [5.74, 6) is -0.104. The molecule has 8 nitrogen and oxygen atoms in total. The van der Waals surface area contributed by atoms with Crippen LogP contribution in [0.3, 0.4) is 0 Å². The predicted octanol–water partition coefficient (Wildman–Crippen LogP) is 2.11. The van der Waals surface area contributed by atoms with Gasteiger partial charge in [-0.05, 0) is 26.2 Å². The smallest absolute Gasteiger partial charge is 0.291 e. The predicted molar refractivity (Wildman–Crippen MR) is 109 cm³/mol. The molecule has 0 unspecified atom stereocenters. The van der Waals surface area contributed by atoms with E-state index in [-0.39, 0.29) is 28.2 Å². The Labute approximate surface area is 160 Å². The molecule has 0 spiro atoms. The first-order chi connectivity index (χ1) is 12.1. The minimum atomic E-state index is -0.390. The number of rotatable bonds is 7. The summed E-state index contributed by atoms with van der Waals surface area (Å²) in [5.41, 5.74) is 6.57. The number of nitrogen functional groups attached to an aromatic ring is 1. The molecule has 4 N–H and O–H groups in total. The monoisotopic (exact) mass is 396 g/mol. The molecular weight excluding hydrogens is 372 g/mol. The van der Waals surface area contributed by atoms with E-state index in [4.69, 9.17) is 5.73 Å². The van der Waals surface area contributed by atoms with Gasteiger partial charge < -0.3 is 25.5 Å². The highest BCUT2D eigenvalue weighted by Gasteiger charge is 2.21. The number of anilines is 2. The van der Waals surface area contributed by atoms with Crippen LogP contribution in [0.25, 0.3) is 0 Å². The minimum Gasteiger partial charge on any atom is -0.382 e. The van der Waals surface area contributed by atoms with E-state index in [1.807, 2.05) is 6.26 Å². The summed E-state index contributed by atoms with van der Waals surface area (Å²) in [4.78, 5) is 28.7. The van der Waals surface area contributed by atoms with E-state index in [0.29, 0.717) is 17.9 Å². The summed E-state index contributed by atoms with van der Waals surface area (Å²) in [6, 6.07) is 1.63. The zero-order valence-electron chi connectivity index (χ0n) is 15.5. The van der Waals surface area contributed by atoms with Gasteiger partial charge in [0, 0.05) is 37.8 Å². The number of aromatic nitrogens is 3. The molecule has 2 heterocycles. The topological polar surface area (TPSA) is 107 Å². The molecular formula is C16H24N6O2S2. The van der Waals surface area contributed by atoms with Gasteiger partial charge in [0.1, 0.15) is 11.5 Å². The molecule has 2 aromatic rings. The lowest BCUT2D eigenvalue weighted by atomic mass is 10.2. The molecule has 2 rings (SSSR count). The molecule has 2 amide bonds. The molecule has 0 bridgehead atoms. The molecule has 0 fully saturated rings. The summed E-state index contributed by atoms with van der Waals surface area (Å²) in [6.07, 6.45) is 5.25. The number of nitrogens with one attached hydrogen (secondary N) is 2. The number of imidazole rings is 1. The quantitative estimate of drug-likeness (QED) is 0.619. The average Bonchev–Trinajstić information content (AvgIpc) is 3.06. The van der Waals surface area contributed by atoms with Crippen LogP contribution >= 0.6 is 21.6 Å². The Morgan fingerprint density at radius 1 is 1.23 bits per heavy atom. The van der Waals surface area contributed by atoms with Crippen LogP contribution in [-0.4, -0.2) is 43.5 Å². The van der Waals surface area contributed by atoms with Gasteiger partial charge in [0.25, 0.3) is 11.8 Å². The van der Waals surface area contributed by atoms with Crippen LogP contribution in [0.2, 0.25) is 0 Å². The van der Waals surface area contributed by atoms with Gasteiger partial charge in [0.2, 0.25) is 5.82 Å². The summed E-state index contributed by atoms with van der Waals surface area (Å²) in [7, 11) is 6.82. The first-order valence-electron chi connectivity index (χ1n) is 7.89. The van der Waals surface area contributed by atoms with Crippen molar-refractivity contribution >= 4 is 44.9 Å². The van der Waals surface area contributed by atoms with Crippen LogP contribution in [0.5, 0.6) is 0 Å². The van der Waals surface area contributed by atoms with Gasteiger partial charge in [-0.3, -0.25) is 9.59 Å². The molecule has 0 aliphatic rings. The molecule has 0 aliphatic carbocycles. The third kappa shape index (κ3) is 4.98. The van der Waals surface area contributed by atoms with Gasteiger partial charge in [-0.15, -0.1) is 0 Å². The van der Waals surface area contributed by atoms with Crippen LogP contribution < -0.4 is 16.4 Å². The van der Waals surface area contributed by atoms with Crippen molar-refractivity contribution in [1.29, 1.82) is 0 Å². The summed E-state index contributed by atoms with van der Waals surface area (Å²) >= 11 is 0. The molecule has 0 saturated heterocycles. The van der Waals surface area contributed by atoms with Crippen molar-refractivity contribution < 1.29 is 9.59 Å². The molecule has 142 valence electrons.